The van der Waals surface area contributed by atoms with E-state index in [2.05, 4.69) is 41.5 Å². The number of rotatable bonds is 4. The number of pyridine rings is 1. The smallest absolute Gasteiger partial charge is 0.0346 e. The molecule has 0 amide bonds. The Balaban J connectivity index is 1.79. The first-order chi connectivity index (χ1) is 8.34. The molecule has 0 saturated heterocycles. The molecule has 1 atom stereocenters. The van der Waals surface area contributed by atoms with Crippen molar-refractivity contribution in [3.8, 4) is 0 Å². The van der Waals surface area contributed by atoms with E-state index in [0.717, 1.165) is 12.5 Å². The van der Waals surface area contributed by atoms with Crippen LogP contribution < -0.4 is 5.32 Å². The van der Waals surface area contributed by atoms with Crippen molar-refractivity contribution in [3.05, 3.63) is 42.2 Å². The van der Waals surface area contributed by atoms with E-state index in [4.69, 9.17) is 0 Å². The van der Waals surface area contributed by atoms with Gasteiger partial charge in [0.05, 0.1) is 0 Å². The summed E-state index contributed by atoms with van der Waals surface area (Å²) in [6.45, 7) is 3.21. The molecule has 1 aliphatic carbocycles. The first-order valence-corrected chi connectivity index (χ1v) is 6.39. The van der Waals surface area contributed by atoms with Crippen LogP contribution in [0.5, 0.6) is 0 Å². The molecule has 1 unspecified atom stereocenters. The van der Waals surface area contributed by atoms with E-state index >= 15 is 0 Å². The highest BCUT2D eigenvalue weighted by atomic mass is 14.9. The standard InChI is InChI=1S/C15H18N2/c1-11(12-6-7-12)17-10-14-9-16-8-13-4-2-3-5-15(13)14/h2-5,8-9,11-12,17H,6-7,10H2,1H3. The molecule has 1 saturated carbocycles. The van der Waals surface area contributed by atoms with Gasteiger partial charge in [-0.15, -0.1) is 0 Å². The number of hydrogen-bond acceptors (Lipinski definition) is 2. The molecular weight excluding hydrogens is 208 g/mol. The fraction of sp³-hybridized carbons (Fsp3) is 0.400. The molecule has 3 rings (SSSR count). The Morgan fingerprint density at radius 1 is 1.29 bits per heavy atom. The third-order valence-corrected chi connectivity index (χ3v) is 3.69. The van der Waals surface area contributed by atoms with Gasteiger partial charge in [0.15, 0.2) is 0 Å². The molecule has 1 aromatic heterocycles. The Labute approximate surface area is 102 Å². The van der Waals surface area contributed by atoms with Gasteiger partial charge in [-0.05, 0) is 36.6 Å². The minimum Gasteiger partial charge on any atom is -0.310 e. The van der Waals surface area contributed by atoms with E-state index in [1.165, 1.54) is 29.2 Å². The molecule has 0 bridgehead atoms. The third-order valence-electron chi connectivity index (χ3n) is 3.69. The SMILES string of the molecule is CC(NCc1cncc2ccccc12)C1CC1. The van der Waals surface area contributed by atoms with Crippen molar-refractivity contribution in [3.63, 3.8) is 0 Å². The van der Waals surface area contributed by atoms with E-state index in [1.807, 2.05) is 12.4 Å². The van der Waals surface area contributed by atoms with Crippen LogP contribution in [0.1, 0.15) is 25.3 Å². The number of aromatic nitrogens is 1. The summed E-state index contributed by atoms with van der Waals surface area (Å²) in [4.78, 5) is 4.31. The Hall–Kier alpha value is -1.41. The van der Waals surface area contributed by atoms with Gasteiger partial charge in [0.25, 0.3) is 0 Å². The van der Waals surface area contributed by atoms with Crippen molar-refractivity contribution in [2.45, 2.75) is 32.4 Å². The first kappa shape index (κ1) is 10.7. The zero-order chi connectivity index (χ0) is 11.7. The van der Waals surface area contributed by atoms with Crippen LogP contribution in [0.2, 0.25) is 0 Å². The minimum atomic E-state index is 0.633. The fourth-order valence-electron chi connectivity index (χ4n) is 2.35. The Morgan fingerprint density at radius 3 is 2.94 bits per heavy atom. The fourth-order valence-corrected chi connectivity index (χ4v) is 2.35. The second kappa shape index (κ2) is 4.46. The molecule has 1 fully saturated rings. The highest BCUT2D eigenvalue weighted by molar-refractivity contribution is 5.84. The summed E-state index contributed by atoms with van der Waals surface area (Å²) >= 11 is 0. The van der Waals surface area contributed by atoms with Crippen molar-refractivity contribution in [2.24, 2.45) is 5.92 Å². The lowest BCUT2D eigenvalue weighted by atomic mass is 10.1. The predicted octanol–water partition coefficient (Wildman–Crippen LogP) is 3.12. The minimum absolute atomic E-state index is 0.633. The second-order valence-electron chi connectivity index (χ2n) is 5.03. The average Bonchev–Trinajstić information content (AvgIpc) is 3.20. The van der Waals surface area contributed by atoms with Crippen LogP contribution in [0, 0.1) is 5.92 Å². The van der Waals surface area contributed by atoms with Crippen LogP contribution in [0.15, 0.2) is 36.7 Å². The lowest BCUT2D eigenvalue weighted by Gasteiger charge is -2.13. The first-order valence-electron chi connectivity index (χ1n) is 6.39. The van der Waals surface area contributed by atoms with Gasteiger partial charge in [0.2, 0.25) is 0 Å². The van der Waals surface area contributed by atoms with Crippen molar-refractivity contribution in [1.82, 2.24) is 10.3 Å². The molecule has 1 aromatic carbocycles. The van der Waals surface area contributed by atoms with E-state index in [1.54, 1.807) is 0 Å². The highest BCUT2D eigenvalue weighted by Crippen LogP contribution is 2.32. The quantitative estimate of drug-likeness (QED) is 0.866. The Kier molecular flexibility index (Phi) is 2.81. The van der Waals surface area contributed by atoms with Gasteiger partial charge >= 0.3 is 0 Å². The molecule has 1 aliphatic rings. The van der Waals surface area contributed by atoms with Gasteiger partial charge in [-0.1, -0.05) is 24.3 Å². The largest absolute Gasteiger partial charge is 0.310 e. The van der Waals surface area contributed by atoms with E-state index in [0.29, 0.717) is 6.04 Å². The topological polar surface area (TPSA) is 24.9 Å². The molecule has 0 radical (unpaired) electrons. The summed E-state index contributed by atoms with van der Waals surface area (Å²) in [5, 5.41) is 6.16. The molecule has 2 aromatic rings. The monoisotopic (exact) mass is 226 g/mol. The zero-order valence-electron chi connectivity index (χ0n) is 10.2. The lowest BCUT2D eigenvalue weighted by molar-refractivity contribution is 0.497. The lowest BCUT2D eigenvalue weighted by Crippen LogP contribution is -2.27. The van der Waals surface area contributed by atoms with Crippen LogP contribution in [0.3, 0.4) is 0 Å². The predicted molar refractivity (Wildman–Crippen MR) is 70.8 cm³/mol. The normalized spacial score (nSPS) is 17.2. The van der Waals surface area contributed by atoms with E-state index in [9.17, 15) is 0 Å². The molecule has 0 aliphatic heterocycles. The summed E-state index contributed by atoms with van der Waals surface area (Å²) in [6, 6.07) is 9.09. The Bertz CT molecular complexity index is 512. The highest BCUT2D eigenvalue weighted by Gasteiger charge is 2.27. The molecule has 17 heavy (non-hydrogen) atoms. The maximum absolute atomic E-state index is 4.31. The third kappa shape index (κ3) is 2.32. The van der Waals surface area contributed by atoms with Gasteiger partial charge < -0.3 is 5.32 Å². The summed E-state index contributed by atoms with van der Waals surface area (Å²) in [7, 11) is 0. The number of fused-ring (bicyclic) bond motifs is 1. The molecule has 2 heteroatoms. The van der Waals surface area contributed by atoms with Crippen molar-refractivity contribution in [2.75, 3.05) is 0 Å². The number of nitrogens with one attached hydrogen (secondary N) is 1. The number of hydrogen-bond donors (Lipinski definition) is 1. The van der Waals surface area contributed by atoms with Crippen LogP contribution in [0.4, 0.5) is 0 Å². The van der Waals surface area contributed by atoms with Crippen LogP contribution >= 0.6 is 0 Å². The maximum atomic E-state index is 4.31. The molecule has 2 nitrogen and oxygen atoms in total. The maximum Gasteiger partial charge on any atom is 0.0346 e. The zero-order valence-corrected chi connectivity index (χ0v) is 10.2. The van der Waals surface area contributed by atoms with Crippen molar-refractivity contribution in [1.29, 1.82) is 0 Å². The summed E-state index contributed by atoms with van der Waals surface area (Å²) in [5.74, 6) is 0.901. The van der Waals surface area contributed by atoms with Crippen LogP contribution in [-0.4, -0.2) is 11.0 Å². The van der Waals surface area contributed by atoms with Gasteiger partial charge in [0, 0.05) is 30.4 Å². The van der Waals surface area contributed by atoms with Gasteiger partial charge in [-0.2, -0.15) is 0 Å². The van der Waals surface area contributed by atoms with E-state index < -0.39 is 0 Å². The molecular formula is C15H18N2. The van der Waals surface area contributed by atoms with Crippen LogP contribution in [0.25, 0.3) is 10.8 Å². The molecule has 0 spiro atoms. The number of benzene rings is 1. The van der Waals surface area contributed by atoms with Gasteiger partial charge in [0.1, 0.15) is 0 Å². The second-order valence-corrected chi connectivity index (χ2v) is 5.03. The van der Waals surface area contributed by atoms with Crippen molar-refractivity contribution >= 4 is 10.8 Å². The summed E-state index contributed by atoms with van der Waals surface area (Å²) in [6.07, 6.45) is 6.70. The average molecular weight is 226 g/mol. The molecule has 1 heterocycles. The van der Waals surface area contributed by atoms with Gasteiger partial charge in [-0.25, -0.2) is 0 Å². The molecule has 88 valence electrons. The summed E-state index contributed by atoms with van der Waals surface area (Å²) in [5.41, 5.74) is 1.30. The molecule has 1 N–H and O–H groups in total. The number of nitrogens with zero attached hydrogens (tertiary/aromatic N) is 1. The summed E-state index contributed by atoms with van der Waals surface area (Å²) < 4.78 is 0. The Morgan fingerprint density at radius 2 is 2.12 bits per heavy atom. The van der Waals surface area contributed by atoms with Crippen molar-refractivity contribution < 1.29 is 0 Å². The van der Waals surface area contributed by atoms with Gasteiger partial charge in [-0.3, -0.25) is 4.98 Å². The van der Waals surface area contributed by atoms with Crippen LogP contribution in [-0.2, 0) is 6.54 Å². The van der Waals surface area contributed by atoms with E-state index in [-0.39, 0.29) is 0 Å².